The molecule has 0 aliphatic carbocycles. The standard InChI is InChI=1S/C16H24N2O/c1-13-6-5-7-14(12-13)16(19)18(2)11-9-15-8-3-4-10-17-15/h5-7,12,15,17H,3-4,8-11H2,1-2H3. The molecule has 1 atom stereocenters. The monoisotopic (exact) mass is 260 g/mol. The van der Waals surface area contributed by atoms with Crippen molar-refractivity contribution >= 4 is 5.91 Å². The number of nitrogens with one attached hydrogen (secondary N) is 1. The summed E-state index contributed by atoms with van der Waals surface area (Å²) >= 11 is 0. The number of carbonyl (C=O) groups excluding carboxylic acids is 1. The summed E-state index contributed by atoms with van der Waals surface area (Å²) in [5.41, 5.74) is 1.92. The molecule has 3 nitrogen and oxygen atoms in total. The summed E-state index contributed by atoms with van der Waals surface area (Å²) in [5, 5.41) is 3.52. The Labute approximate surface area is 116 Å². The number of benzene rings is 1. The molecule has 1 aliphatic rings. The first kappa shape index (κ1) is 14.1. The highest BCUT2D eigenvalue weighted by Gasteiger charge is 2.16. The number of aryl methyl sites for hydroxylation is 1. The van der Waals surface area contributed by atoms with E-state index in [1.807, 2.05) is 43.1 Å². The molecule has 0 spiro atoms. The average molecular weight is 260 g/mol. The van der Waals surface area contributed by atoms with E-state index in [1.165, 1.54) is 19.3 Å². The van der Waals surface area contributed by atoms with Gasteiger partial charge < -0.3 is 10.2 Å². The Balaban J connectivity index is 1.85. The molecule has 1 unspecified atom stereocenters. The topological polar surface area (TPSA) is 32.3 Å². The van der Waals surface area contributed by atoms with Crippen LogP contribution in [0.5, 0.6) is 0 Å². The normalized spacial score (nSPS) is 19.2. The summed E-state index contributed by atoms with van der Waals surface area (Å²) < 4.78 is 0. The summed E-state index contributed by atoms with van der Waals surface area (Å²) in [6, 6.07) is 8.39. The highest BCUT2D eigenvalue weighted by molar-refractivity contribution is 5.94. The van der Waals surface area contributed by atoms with Crippen molar-refractivity contribution in [3.63, 3.8) is 0 Å². The van der Waals surface area contributed by atoms with Gasteiger partial charge in [-0.25, -0.2) is 0 Å². The van der Waals surface area contributed by atoms with E-state index in [-0.39, 0.29) is 5.91 Å². The number of amides is 1. The minimum Gasteiger partial charge on any atom is -0.342 e. The zero-order valence-corrected chi connectivity index (χ0v) is 12.0. The highest BCUT2D eigenvalue weighted by atomic mass is 16.2. The fourth-order valence-corrected chi connectivity index (χ4v) is 2.62. The van der Waals surface area contributed by atoms with Crippen LogP contribution in [0.25, 0.3) is 0 Å². The second kappa shape index (κ2) is 6.71. The Morgan fingerprint density at radius 1 is 1.42 bits per heavy atom. The third-order valence-electron chi connectivity index (χ3n) is 3.84. The molecule has 1 fully saturated rings. The van der Waals surface area contributed by atoms with Crippen molar-refractivity contribution < 1.29 is 4.79 Å². The second-order valence-corrected chi connectivity index (χ2v) is 5.53. The van der Waals surface area contributed by atoms with Crippen molar-refractivity contribution in [2.45, 2.75) is 38.6 Å². The van der Waals surface area contributed by atoms with Crippen molar-refractivity contribution in [1.29, 1.82) is 0 Å². The van der Waals surface area contributed by atoms with Gasteiger partial charge in [0.25, 0.3) is 5.91 Å². The number of hydrogen-bond acceptors (Lipinski definition) is 2. The van der Waals surface area contributed by atoms with Gasteiger partial charge in [-0.2, -0.15) is 0 Å². The molecule has 1 aromatic rings. The summed E-state index contributed by atoms with van der Waals surface area (Å²) in [7, 11) is 1.90. The SMILES string of the molecule is Cc1cccc(C(=O)N(C)CCC2CCCCN2)c1. The summed E-state index contributed by atoms with van der Waals surface area (Å²) in [6.07, 6.45) is 4.89. The van der Waals surface area contributed by atoms with Gasteiger partial charge in [0.1, 0.15) is 0 Å². The quantitative estimate of drug-likeness (QED) is 0.902. The number of hydrogen-bond donors (Lipinski definition) is 1. The Hall–Kier alpha value is -1.35. The predicted octanol–water partition coefficient (Wildman–Crippen LogP) is 2.60. The van der Waals surface area contributed by atoms with Gasteiger partial charge >= 0.3 is 0 Å². The highest BCUT2D eigenvalue weighted by Crippen LogP contribution is 2.12. The minimum absolute atomic E-state index is 0.125. The van der Waals surface area contributed by atoms with Gasteiger partial charge in [0.15, 0.2) is 0 Å². The largest absolute Gasteiger partial charge is 0.342 e. The van der Waals surface area contributed by atoms with Crippen molar-refractivity contribution in [3.05, 3.63) is 35.4 Å². The Bertz CT molecular complexity index is 425. The van der Waals surface area contributed by atoms with Crippen LogP contribution in [0.1, 0.15) is 41.6 Å². The van der Waals surface area contributed by atoms with Crippen LogP contribution in [0.3, 0.4) is 0 Å². The molecular weight excluding hydrogens is 236 g/mol. The molecule has 1 aromatic carbocycles. The van der Waals surface area contributed by atoms with Crippen LogP contribution in [-0.2, 0) is 0 Å². The van der Waals surface area contributed by atoms with Gasteiger partial charge in [0.05, 0.1) is 0 Å². The van der Waals surface area contributed by atoms with Crippen LogP contribution in [-0.4, -0.2) is 37.0 Å². The van der Waals surface area contributed by atoms with Crippen molar-refractivity contribution in [3.8, 4) is 0 Å². The molecule has 0 bridgehead atoms. The van der Waals surface area contributed by atoms with Crippen molar-refractivity contribution in [2.75, 3.05) is 20.1 Å². The van der Waals surface area contributed by atoms with Gasteiger partial charge in [0, 0.05) is 25.2 Å². The average Bonchev–Trinajstić information content (AvgIpc) is 2.45. The lowest BCUT2D eigenvalue weighted by atomic mass is 10.0. The second-order valence-electron chi connectivity index (χ2n) is 5.53. The molecule has 1 saturated heterocycles. The van der Waals surface area contributed by atoms with Gasteiger partial charge in [-0.1, -0.05) is 24.1 Å². The summed E-state index contributed by atoms with van der Waals surface area (Å²) in [4.78, 5) is 14.1. The van der Waals surface area contributed by atoms with Gasteiger partial charge in [-0.05, 0) is 44.9 Å². The molecule has 0 aromatic heterocycles. The molecular formula is C16H24N2O. The maximum atomic E-state index is 12.3. The number of rotatable bonds is 4. The molecule has 3 heteroatoms. The van der Waals surface area contributed by atoms with Crippen LogP contribution < -0.4 is 5.32 Å². The van der Waals surface area contributed by atoms with E-state index in [0.29, 0.717) is 6.04 Å². The van der Waals surface area contributed by atoms with E-state index in [9.17, 15) is 4.79 Å². The molecule has 1 N–H and O–H groups in total. The molecule has 2 rings (SSSR count). The Morgan fingerprint density at radius 3 is 2.95 bits per heavy atom. The van der Waals surface area contributed by atoms with E-state index in [2.05, 4.69) is 5.32 Å². The van der Waals surface area contributed by atoms with Gasteiger partial charge in [0.2, 0.25) is 0 Å². The van der Waals surface area contributed by atoms with E-state index in [0.717, 1.165) is 30.6 Å². The Kier molecular flexibility index (Phi) is 4.97. The molecule has 0 saturated carbocycles. The van der Waals surface area contributed by atoms with Gasteiger partial charge in [-0.15, -0.1) is 0 Å². The minimum atomic E-state index is 0.125. The smallest absolute Gasteiger partial charge is 0.253 e. The van der Waals surface area contributed by atoms with Crippen molar-refractivity contribution in [1.82, 2.24) is 10.2 Å². The van der Waals surface area contributed by atoms with E-state index in [1.54, 1.807) is 0 Å². The first-order chi connectivity index (χ1) is 9.16. The lowest BCUT2D eigenvalue weighted by molar-refractivity contribution is 0.0788. The molecule has 1 heterocycles. The summed E-state index contributed by atoms with van der Waals surface area (Å²) in [6.45, 7) is 3.97. The molecule has 0 radical (unpaired) electrons. The zero-order chi connectivity index (χ0) is 13.7. The molecule has 19 heavy (non-hydrogen) atoms. The fourth-order valence-electron chi connectivity index (χ4n) is 2.62. The van der Waals surface area contributed by atoms with Crippen LogP contribution in [0.15, 0.2) is 24.3 Å². The number of carbonyl (C=O) groups is 1. The fraction of sp³-hybridized carbons (Fsp3) is 0.562. The maximum Gasteiger partial charge on any atom is 0.253 e. The number of piperidine rings is 1. The van der Waals surface area contributed by atoms with Crippen LogP contribution in [0.4, 0.5) is 0 Å². The van der Waals surface area contributed by atoms with E-state index >= 15 is 0 Å². The lowest BCUT2D eigenvalue weighted by Crippen LogP contribution is -2.38. The third-order valence-corrected chi connectivity index (χ3v) is 3.84. The van der Waals surface area contributed by atoms with E-state index in [4.69, 9.17) is 0 Å². The van der Waals surface area contributed by atoms with Crippen LogP contribution >= 0.6 is 0 Å². The summed E-state index contributed by atoms with van der Waals surface area (Å²) in [5.74, 6) is 0.125. The van der Waals surface area contributed by atoms with Crippen LogP contribution in [0.2, 0.25) is 0 Å². The Morgan fingerprint density at radius 2 is 2.26 bits per heavy atom. The van der Waals surface area contributed by atoms with Crippen molar-refractivity contribution in [2.24, 2.45) is 0 Å². The zero-order valence-electron chi connectivity index (χ0n) is 12.0. The molecule has 1 aliphatic heterocycles. The van der Waals surface area contributed by atoms with E-state index < -0.39 is 0 Å². The lowest BCUT2D eigenvalue weighted by Gasteiger charge is -2.26. The molecule has 1 amide bonds. The molecule has 104 valence electrons. The number of nitrogens with zero attached hydrogens (tertiary/aromatic N) is 1. The van der Waals surface area contributed by atoms with Gasteiger partial charge in [-0.3, -0.25) is 4.79 Å². The predicted molar refractivity (Wildman–Crippen MR) is 78.4 cm³/mol. The maximum absolute atomic E-state index is 12.3. The third kappa shape index (κ3) is 4.06. The van der Waals surface area contributed by atoms with Crippen LogP contribution in [0, 0.1) is 6.92 Å². The first-order valence-electron chi connectivity index (χ1n) is 7.22. The first-order valence-corrected chi connectivity index (χ1v) is 7.22.